The third kappa shape index (κ3) is 3.50. The van der Waals surface area contributed by atoms with Gasteiger partial charge in [0.25, 0.3) is 0 Å². The highest BCUT2D eigenvalue weighted by molar-refractivity contribution is 6.08. The van der Waals surface area contributed by atoms with Crippen molar-refractivity contribution in [3.05, 3.63) is 59.2 Å². The van der Waals surface area contributed by atoms with E-state index in [0.29, 0.717) is 11.3 Å². The minimum Gasteiger partial charge on any atom is -0.508 e. The van der Waals surface area contributed by atoms with Crippen molar-refractivity contribution in [2.24, 2.45) is 0 Å². The number of rotatable bonds is 3. The second-order valence-corrected chi connectivity index (χ2v) is 6.40. The van der Waals surface area contributed by atoms with Gasteiger partial charge in [-0.05, 0) is 55.8 Å². The number of carbonyl (C=O) groups is 1. The number of phenols is 3. The second-order valence-electron chi connectivity index (χ2n) is 6.40. The molecule has 3 N–H and O–H groups in total. The number of benzene rings is 2. The first kappa shape index (κ1) is 16.6. The molecule has 0 unspecified atom stereocenters. The zero-order chi connectivity index (χ0) is 18.2. The van der Waals surface area contributed by atoms with Crippen molar-refractivity contribution in [2.45, 2.75) is 19.4 Å². The van der Waals surface area contributed by atoms with Crippen LogP contribution in [0.25, 0.3) is 12.2 Å². The van der Waals surface area contributed by atoms with Gasteiger partial charge in [0.15, 0.2) is 17.3 Å². The Kier molecular flexibility index (Phi) is 4.00. The van der Waals surface area contributed by atoms with Gasteiger partial charge in [-0.1, -0.05) is 12.2 Å². The number of aromatic hydroxyl groups is 3. The number of hydrogen-bond acceptors (Lipinski definition) is 5. The molecule has 25 heavy (non-hydrogen) atoms. The molecule has 2 aromatic carbocycles. The van der Waals surface area contributed by atoms with E-state index in [-0.39, 0.29) is 22.8 Å². The zero-order valence-corrected chi connectivity index (χ0v) is 13.9. The lowest BCUT2D eigenvalue weighted by Crippen LogP contribution is -2.27. The van der Waals surface area contributed by atoms with E-state index in [1.54, 1.807) is 12.1 Å². The van der Waals surface area contributed by atoms with Gasteiger partial charge in [0.1, 0.15) is 17.1 Å². The summed E-state index contributed by atoms with van der Waals surface area (Å²) in [5.41, 5.74) is 0.935. The van der Waals surface area contributed by atoms with E-state index in [1.165, 1.54) is 24.3 Å². The van der Waals surface area contributed by atoms with E-state index >= 15 is 0 Å². The van der Waals surface area contributed by atoms with E-state index in [0.717, 1.165) is 11.6 Å². The van der Waals surface area contributed by atoms with Crippen molar-refractivity contribution in [1.82, 2.24) is 0 Å². The first-order valence-electron chi connectivity index (χ1n) is 7.75. The Morgan fingerprint density at radius 2 is 1.84 bits per heavy atom. The summed E-state index contributed by atoms with van der Waals surface area (Å²) in [4.78, 5) is 12.2. The Hall–Kier alpha value is -3.21. The maximum atomic E-state index is 12.2. The van der Waals surface area contributed by atoms with Crippen LogP contribution in [0.3, 0.4) is 0 Å². The van der Waals surface area contributed by atoms with Gasteiger partial charge in [0, 0.05) is 11.6 Å². The van der Waals surface area contributed by atoms with Crippen molar-refractivity contribution in [3.8, 4) is 23.0 Å². The number of phenolic OH excluding ortho intramolecular Hbond substituents is 3. The molecule has 0 aromatic heterocycles. The predicted molar refractivity (Wildman–Crippen MR) is 95.0 cm³/mol. The molecular weight excluding hydrogens is 320 g/mol. The fourth-order valence-corrected chi connectivity index (χ4v) is 2.57. The number of ketones is 1. The van der Waals surface area contributed by atoms with E-state index in [9.17, 15) is 20.1 Å². The Morgan fingerprint density at radius 1 is 1.08 bits per heavy atom. The average Bonchev–Trinajstić information content (AvgIpc) is 2.53. The van der Waals surface area contributed by atoms with E-state index in [1.807, 2.05) is 26.0 Å². The Balaban J connectivity index is 1.87. The van der Waals surface area contributed by atoms with Crippen LogP contribution in [0.1, 0.15) is 35.3 Å². The molecule has 128 valence electrons. The smallest absolute Gasteiger partial charge is 0.189 e. The minimum atomic E-state index is -0.492. The quantitative estimate of drug-likeness (QED) is 0.584. The van der Waals surface area contributed by atoms with Gasteiger partial charge in [0.2, 0.25) is 0 Å². The van der Waals surface area contributed by atoms with Gasteiger partial charge < -0.3 is 20.1 Å². The molecule has 0 radical (unpaired) electrons. The van der Waals surface area contributed by atoms with Crippen molar-refractivity contribution >= 4 is 17.9 Å². The van der Waals surface area contributed by atoms with Gasteiger partial charge in [-0.3, -0.25) is 4.79 Å². The van der Waals surface area contributed by atoms with Crippen LogP contribution in [0, 0.1) is 0 Å². The number of ether oxygens (including phenoxy) is 1. The van der Waals surface area contributed by atoms with Crippen molar-refractivity contribution in [3.63, 3.8) is 0 Å². The molecule has 1 heterocycles. The Morgan fingerprint density at radius 3 is 2.56 bits per heavy atom. The van der Waals surface area contributed by atoms with E-state index in [2.05, 4.69) is 0 Å². The monoisotopic (exact) mass is 338 g/mol. The molecule has 0 amide bonds. The summed E-state index contributed by atoms with van der Waals surface area (Å²) in [7, 11) is 0. The van der Waals surface area contributed by atoms with Crippen LogP contribution in [0.2, 0.25) is 0 Å². The third-order valence-corrected chi connectivity index (χ3v) is 3.82. The fraction of sp³-hybridized carbons (Fsp3) is 0.150. The summed E-state index contributed by atoms with van der Waals surface area (Å²) < 4.78 is 5.74. The highest BCUT2D eigenvalue weighted by Crippen LogP contribution is 2.39. The average molecular weight is 338 g/mol. The first-order valence-corrected chi connectivity index (χ1v) is 7.75. The van der Waals surface area contributed by atoms with Crippen molar-refractivity contribution in [1.29, 1.82) is 0 Å². The second kappa shape index (κ2) is 6.02. The highest BCUT2D eigenvalue weighted by Gasteiger charge is 2.24. The molecule has 2 aromatic rings. The molecule has 3 rings (SSSR count). The van der Waals surface area contributed by atoms with Gasteiger partial charge >= 0.3 is 0 Å². The van der Waals surface area contributed by atoms with Crippen LogP contribution in [-0.4, -0.2) is 26.7 Å². The normalized spacial score (nSPS) is 15.0. The predicted octanol–water partition coefficient (Wildman–Crippen LogP) is 3.88. The molecule has 0 bridgehead atoms. The van der Waals surface area contributed by atoms with Crippen molar-refractivity contribution < 1.29 is 24.9 Å². The lowest BCUT2D eigenvalue weighted by molar-refractivity contribution is 0.104. The zero-order valence-electron chi connectivity index (χ0n) is 13.9. The molecule has 0 spiro atoms. The topological polar surface area (TPSA) is 87.0 Å². The Labute approximate surface area is 145 Å². The standard InChI is InChI=1S/C20H18O5/c1-20(2)8-7-13-9-12(10-18(24)19(13)25-20)3-6-16(22)15-5-4-14(21)11-17(15)23/h3-11,21,23-24H,1-2H3. The van der Waals surface area contributed by atoms with Crippen LogP contribution in [0.4, 0.5) is 0 Å². The maximum Gasteiger partial charge on any atom is 0.189 e. The Bertz CT molecular complexity index is 907. The van der Waals surface area contributed by atoms with Crippen LogP contribution in [-0.2, 0) is 0 Å². The first-order chi connectivity index (χ1) is 11.7. The fourth-order valence-electron chi connectivity index (χ4n) is 2.57. The largest absolute Gasteiger partial charge is 0.508 e. The molecule has 5 nitrogen and oxygen atoms in total. The summed E-state index contributed by atoms with van der Waals surface area (Å²) >= 11 is 0. The van der Waals surface area contributed by atoms with Gasteiger partial charge in [0.05, 0.1) is 5.56 Å². The molecule has 0 saturated carbocycles. The maximum absolute atomic E-state index is 12.2. The molecule has 0 fully saturated rings. The van der Waals surface area contributed by atoms with Crippen molar-refractivity contribution in [2.75, 3.05) is 0 Å². The lowest BCUT2D eigenvalue weighted by atomic mass is 9.99. The van der Waals surface area contributed by atoms with E-state index in [4.69, 9.17) is 4.74 Å². The highest BCUT2D eigenvalue weighted by atomic mass is 16.5. The van der Waals surface area contributed by atoms with Gasteiger partial charge in [-0.15, -0.1) is 0 Å². The molecule has 5 heteroatoms. The molecule has 0 saturated heterocycles. The number of allylic oxidation sites excluding steroid dienone is 1. The number of fused-ring (bicyclic) bond motifs is 1. The summed E-state index contributed by atoms with van der Waals surface area (Å²) in [6, 6.07) is 7.08. The molecule has 0 aliphatic carbocycles. The molecule has 1 aliphatic rings. The van der Waals surface area contributed by atoms with E-state index < -0.39 is 11.4 Å². The van der Waals surface area contributed by atoms with Gasteiger partial charge in [-0.2, -0.15) is 0 Å². The molecule has 0 atom stereocenters. The van der Waals surface area contributed by atoms with Crippen LogP contribution in [0.15, 0.2) is 42.5 Å². The van der Waals surface area contributed by atoms with Gasteiger partial charge in [-0.25, -0.2) is 0 Å². The molecular formula is C20H18O5. The lowest BCUT2D eigenvalue weighted by Gasteiger charge is -2.28. The van der Waals surface area contributed by atoms with Crippen LogP contribution >= 0.6 is 0 Å². The molecule has 1 aliphatic heterocycles. The summed E-state index contributed by atoms with van der Waals surface area (Å²) in [6.07, 6.45) is 6.60. The summed E-state index contributed by atoms with van der Waals surface area (Å²) in [6.45, 7) is 3.78. The number of hydrogen-bond donors (Lipinski definition) is 3. The minimum absolute atomic E-state index is 0.00509. The van der Waals surface area contributed by atoms with Crippen LogP contribution in [0.5, 0.6) is 23.0 Å². The van der Waals surface area contributed by atoms with Crippen LogP contribution < -0.4 is 4.74 Å². The third-order valence-electron chi connectivity index (χ3n) is 3.82. The summed E-state index contributed by atoms with van der Waals surface area (Å²) in [5, 5.41) is 29.2. The summed E-state index contributed by atoms with van der Waals surface area (Å²) in [5.74, 6) is -0.418. The number of carbonyl (C=O) groups excluding carboxylic acids is 1. The SMILES string of the molecule is CC1(C)C=Cc2cc(C=CC(=O)c3ccc(O)cc3O)cc(O)c2O1.